The first kappa shape index (κ1) is 15.5. The van der Waals surface area contributed by atoms with Crippen LogP contribution in [0.25, 0.3) is 6.08 Å². The fourth-order valence-corrected chi connectivity index (χ4v) is 2.89. The van der Waals surface area contributed by atoms with Crippen molar-refractivity contribution in [3.05, 3.63) is 56.7 Å². The van der Waals surface area contributed by atoms with Crippen molar-refractivity contribution in [3.63, 3.8) is 0 Å². The van der Waals surface area contributed by atoms with Crippen LogP contribution in [0.3, 0.4) is 0 Å². The quantitative estimate of drug-likeness (QED) is 0.622. The molecule has 0 amide bonds. The molecule has 0 radical (unpaired) electrons. The molecule has 0 atom stereocenters. The maximum atomic E-state index is 12.0. The van der Waals surface area contributed by atoms with Gasteiger partial charge in [-0.2, -0.15) is 0 Å². The van der Waals surface area contributed by atoms with Gasteiger partial charge in [0, 0.05) is 20.3 Å². The summed E-state index contributed by atoms with van der Waals surface area (Å²) >= 11 is 4.87. The van der Waals surface area contributed by atoms with E-state index in [1.807, 2.05) is 11.4 Å². The highest BCUT2D eigenvalue weighted by atomic mass is 79.9. The number of thiophene rings is 1. The van der Waals surface area contributed by atoms with Gasteiger partial charge in [0.15, 0.2) is 12.4 Å². The summed E-state index contributed by atoms with van der Waals surface area (Å²) in [4.78, 5) is 23.5. The van der Waals surface area contributed by atoms with E-state index >= 15 is 0 Å². The summed E-state index contributed by atoms with van der Waals surface area (Å²) in [5, 5.41) is 10.5. The molecule has 4 nitrogen and oxygen atoms in total. The maximum absolute atomic E-state index is 12.0. The van der Waals surface area contributed by atoms with Crippen LogP contribution in [0.5, 0.6) is 5.75 Å². The van der Waals surface area contributed by atoms with Crippen molar-refractivity contribution >= 4 is 45.1 Å². The lowest BCUT2D eigenvalue weighted by Gasteiger charge is -2.04. The van der Waals surface area contributed by atoms with E-state index < -0.39 is 12.6 Å². The Kier molecular flexibility index (Phi) is 5.30. The van der Waals surface area contributed by atoms with Gasteiger partial charge >= 0.3 is 5.97 Å². The lowest BCUT2D eigenvalue weighted by Crippen LogP contribution is -2.09. The highest BCUT2D eigenvalue weighted by molar-refractivity contribution is 9.10. The lowest BCUT2D eigenvalue weighted by atomic mass is 10.1. The van der Waals surface area contributed by atoms with Crippen LogP contribution in [0.2, 0.25) is 0 Å². The van der Waals surface area contributed by atoms with Crippen molar-refractivity contribution in [1.82, 2.24) is 0 Å². The van der Waals surface area contributed by atoms with Crippen LogP contribution in [0.4, 0.5) is 0 Å². The standard InChI is InChI=1S/C15H11BrO4S/c16-11-7-13(21-9-11)4-5-14(17)10-2-1-3-12(6-10)20-8-15(18)19/h1-7,9H,8H2,(H,18,19)/b5-4+. The first-order valence-corrected chi connectivity index (χ1v) is 7.63. The van der Waals surface area contributed by atoms with Crippen LogP contribution >= 0.6 is 27.3 Å². The molecule has 2 rings (SSSR count). The van der Waals surface area contributed by atoms with Crippen LogP contribution < -0.4 is 4.74 Å². The summed E-state index contributed by atoms with van der Waals surface area (Å²) in [6, 6.07) is 8.37. The Morgan fingerprint density at radius 1 is 1.33 bits per heavy atom. The van der Waals surface area contributed by atoms with Crippen molar-refractivity contribution < 1.29 is 19.4 Å². The van der Waals surface area contributed by atoms with Gasteiger partial charge in [0.2, 0.25) is 0 Å². The van der Waals surface area contributed by atoms with E-state index in [2.05, 4.69) is 15.9 Å². The zero-order valence-electron chi connectivity index (χ0n) is 10.8. The number of ketones is 1. The van der Waals surface area contributed by atoms with Gasteiger partial charge in [-0.15, -0.1) is 11.3 Å². The van der Waals surface area contributed by atoms with Crippen molar-refractivity contribution in [2.24, 2.45) is 0 Å². The van der Waals surface area contributed by atoms with Gasteiger partial charge in [-0.25, -0.2) is 4.79 Å². The van der Waals surface area contributed by atoms with Crippen LogP contribution in [-0.2, 0) is 4.79 Å². The second-order valence-electron chi connectivity index (χ2n) is 4.08. The summed E-state index contributed by atoms with van der Waals surface area (Å²) in [5.74, 6) is -0.870. The number of allylic oxidation sites excluding steroid dienone is 1. The van der Waals surface area contributed by atoms with Gasteiger partial charge in [-0.1, -0.05) is 12.1 Å². The van der Waals surface area contributed by atoms with E-state index in [4.69, 9.17) is 9.84 Å². The second-order valence-corrected chi connectivity index (χ2v) is 5.93. The minimum atomic E-state index is -1.06. The molecule has 0 aliphatic carbocycles. The van der Waals surface area contributed by atoms with Crippen LogP contribution in [0.15, 0.2) is 46.3 Å². The molecular weight excluding hydrogens is 356 g/mol. The smallest absolute Gasteiger partial charge is 0.341 e. The Morgan fingerprint density at radius 3 is 2.81 bits per heavy atom. The highest BCUT2D eigenvalue weighted by Gasteiger charge is 2.05. The number of hydrogen-bond acceptors (Lipinski definition) is 4. The molecule has 0 saturated carbocycles. The summed E-state index contributed by atoms with van der Waals surface area (Å²) in [6.07, 6.45) is 3.22. The van der Waals surface area contributed by atoms with E-state index in [9.17, 15) is 9.59 Å². The molecule has 1 aromatic carbocycles. The molecule has 21 heavy (non-hydrogen) atoms. The Hall–Kier alpha value is -1.92. The summed E-state index contributed by atoms with van der Waals surface area (Å²) in [7, 11) is 0. The SMILES string of the molecule is O=C(O)COc1cccc(C(=O)/C=C/c2cc(Br)cs2)c1. The van der Waals surface area contributed by atoms with E-state index in [-0.39, 0.29) is 5.78 Å². The summed E-state index contributed by atoms with van der Waals surface area (Å²) in [5.41, 5.74) is 0.449. The van der Waals surface area contributed by atoms with Crippen molar-refractivity contribution in [3.8, 4) is 5.75 Å². The normalized spacial score (nSPS) is 10.7. The van der Waals surface area contributed by atoms with Crippen LogP contribution in [0.1, 0.15) is 15.2 Å². The molecule has 0 bridgehead atoms. The van der Waals surface area contributed by atoms with E-state index in [1.165, 1.54) is 23.5 Å². The molecule has 2 aromatic rings. The number of hydrogen-bond donors (Lipinski definition) is 1. The first-order chi connectivity index (χ1) is 10.0. The number of aliphatic carboxylic acids is 1. The second kappa shape index (κ2) is 7.19. The monoisotopic (exact) mass is 366 g/mol. The molecule has 1 N–H and O–H groups in total. The fourth-order valence-electron chi connectivity index (χ4n) is 1.55. The number of ether oxygens (including phenoxy) is 1. The molecule has 108 valence electrons. The first-order valence-electron chi connectivity index (χ1n) is 5.96. The largest absolute Gasteiger partial charge is 0.482 e. The van der Waals surface area contributed by atoms with E-state index in [0.717, 1.165) is 9.35 Å². The summed E-state index contributed by atoms with van der Waals surface area (Å²) < 4.78 is 6.02. The fraction of sp³-hybridized carbons (Fsp3) is 0.0667. The molecule has 0 aliphatic rings. The Labute approximate surface area is 133 Å². The lowest BCUT2D eigenvalue weighted by molar-refractivity contribution is -0.139. The maximum Gasteiger partial charge on any atom is 0.341 e. The number of halogens is 1. The molecule has 1 heterocycles. The van der Waals surface area contributed by atoms with Gasteiger partial charge in [0.1, 0.15) is 5.75 Å². The Morgan fingerprint density at radius 2 is 2.14 bits per heavy atom. The number of carboxylic acid groups (broad SMARTS) is 1. The zero-order chi connectivity index (χ0) is 15.2. The van der Waals surface area contributed by atoms with Gasteiger partial charge in [0.25, 0.3) is 0 Å². The topological polar surface area (TPSA) is 63.6 Å². The average Bonchev–Trinajstić information content (AvgIpc) is 2.88. The van der Waals surface area contributed by atoms with E-state index in [1.54, 1.807) is 24.3 Å². The highest BCUT2D eigenvalue weighted by Crippen LogP contribution is 2.21. The van der Waals surface area contributed by atoms with Crippen molar-refractivity contribution in [2.45, 2.75) is 0 Å². The molecule has 1 aromatic heterocycles. The molecule has 0 unspecified atom stereocenters. The van der Waals surface area contributed by atoms with Crippen LogP contribution in [0, 0.1) is 0 Å². The van der Waals surface area contributed by atoms with Gasteiger partial charge in [-0.05, 0) is 46.3 Å². The number of carbonyl (C=O) groups excluding carboxylic acids is 1. The molecule has 0 saturated heterocycles. The molecule has 0 spiro atoms. The molecule has 6 heteroatoms. The van der Waals surface area contributed by atoms with Gasteiger partial charge in [0.05, 0.1) is 0 Å². The number of carbonyl (C=O) groups is 2. The van der Waals surface area contributed by atoms with Crippen molar-refractivity contribution in [1.29, 1.82) is 0 Å². The minimum Gasteiger partial charge on any atom is -0.482 e. The van der Waals surface area contributed by atoms with Gasteiger partial charge in [-0.3, -0.25) is 4.79 Å². The summed E-state index contributed by atoms with van der Waals surface area (Å²) in [6.45, 7) is -0.434. The predicted octanol–water partition coefficient (Wildman–Crippen LogP) is 3.87. The third kappa shape index (κ3) is 4.84. The van der Waals surface area contributed by atoms with Crippen LogP contribution in [-0.4, -0.2) is 23.5 Å². The van der Waals surface area contributed by atoms with Gasteiger partial charge < -0.3 is 9.84 Å². The average molecular weight is 367 g/mol. The molecule has 0 aliphatic heterocycles. The Balaban J connectivity index is 2.06. The zero-order valence-corrected chi connectivity index (χ0v) is 13.2. The number of benzene rings is 1. The predicted molar refractivity (Wildman–Crippen MR) is 85.0 cm³/mol. The van der Waals surface area contributed by atoms with Crippen molar-refractivity contribution in [2.75, 3.05) is 6.61 Å². The molecular formula is C15H11BrO4S. The van der Waals surface area contributed by atoms with E-state index in [0.29, 0.717) is 11.3 Å². The third-order valence-electron chi connectivity index (χ3n) is 2.47. The number of rotatable bonds is 6. The third-order valence-corrected chi connectivity index (χ3v) is 4.13. The number of carboxylic acids is 1. The minimum absolute atomic E-state index is 0.166. The molecule has 0 fully saturated rings. The Bertz CT molecular complexity index is 690.